The van der Waals surface area contributed by atoms with Gasteiger partial charge in [0.2, 0.25) is 0 Å². The quantitative estimate of drug-likeness (QED) is 0.725. The van der Waals surface area contributed by atoms with Crippen molar-refractivity contribution in [1.29, 1.82) is 0 Å². The van der Waals surface area contributed by atoms with Gasteiger partial charge in [0.05, 0.1) is 6.20 Å². The number of ether oxygens (including phenoxy) is 1. The first-order chi connectivity index (χ1) is 14.6. The molecule has 1 amide bonds. The normalized spacial score (nSPS) is 17.2. The van der Waals surface area contributed by atoms with Crippen molar-refractivity contribution in [3.63, 3.8) is 0 Å². The van der Waals surface area contributed by atoms with Gasteiger partial charge in [-0.3, -0.25) is 9.58 Å². The average Bonchev–Trinajstić information content (AvgIpc) is 3.29. The molecule has 2 heterocycles. The van der Waals surface area contributed by atoms with Crippen LogP contribution in [0.25, 0.3) is 11.1 Å². The second kappa shape index (κ2) is 7.02. The van der Waals surface area contributed by atoms with E-state index in [9.17, 15) is 14.7 Å². The maximum absolute atomic E-state index is 12.9. The molecule has 0 fully saturated rings. The van der Waals surface area contributed by atoms with Crippen LogP contribution < -0.4 is 0 Å². The van der Waals surface area contributed by atoms with Crippen LogP contribution in [-0.4, -0.2) is 45.0 Å². The number of carbonyl (C=O) groups excluding carboxylic acids is 1. The monoisotopic (exact) mass is 403 g/mol. The highest BCUT2D eigenvalue weighted by Gasteiger charge is 2.39. The number of aryl methyl sites for hydroxylation is 1. The van der Waals surface area contributed by atoms with Gasteiger partial charge in [0.1, 0.15) is 6.61 Å². The van der Waals surface area contributed by atoms with Gasteiger partial charge in [-0.15, -0.1) is 0 Å². The summed E-state index contributed by atoms with van der Waals surface area (Å²) >= 11 is 0. The summed E-state index contributed by atoms with van der Waals surface area (Å²) in [5.74, 6) is -1.15. The van der Waals surface area contributed by atoms with E-state index in [-0.39, 0.29) is 19.1 Å². The summed E-state index contributed by atoms with van der Waals surface area (Å²) in [5.41, 5.74) is 5.92. The summed E-state index contributed by atoms with van der Waals surface area (Å²) in [4.78, 5) is 26.2. The highest BCUT2D eigenvalue weighted by Crippen LogP contribution is 2.44. The van der Waals surface area contributed by atoms with E-state index in [1.165, 1.54) is 11.1 Å². The van der Waals surface area contributed by atoms with Gasteiger partial charge in [-0.25, -0.2) is 9.59 Å². The van der Waals surface area contributed by atoms with Gasteiger partial charge in [-0.2, -0.15) is 5.10 Å². The fraction of sp³-hybridized carbons (Fsp3) is 0.261. The van der Waals surface area contributed by atoms with Crippen molar-refractivity contribution in [2.75, 3.05) is 13.2 Å². The molecule has 0 saturated heterocycles. The van der Waals surface area contributed by atoms with Gasteiger partial charge in [-0.05, 0) is 22.3 Å². The Hall–Kier alpha value is -3.61. The maximum atomic E-state index is 12.9. The molecule has 1 aromatic heterocycles. The lowest BCUT2D eigenvalue weighted by Gasteiger charge is -2.32. The van der Waals surface area contributed by atoms with E-state index in [2.05, 4.69) is 29.4 Å². The first-order valence-corrected chi connectivity index (χ1v) is 9.91. The lowest BCUT2D eigenvalue weighted by molar-refractivity contribution is -0.143. The SMILES string of the molecule is Cn1ncc2c1CCN(C(=O)OCC1c3ccccc3-c3ccccc31)C2C(=O)O. The average molecular weight is 403 g/mol. The molecule has 2 aromatic carbocycles. The Bertz CT molecular complexity index is 1110. The molecule has 0 spiro atoms. The molecular formula is C23H21N3O4. The summed E-state index contributed by atoms with van der Waals surface area (Å²) in [7, 11) is 1.78. The van der Waals surface area contributed by atoms with Gasteiger partial charge < -0.3 is 9.84 Å². The molecule has 152 valence electrons. The Labute approximate surface area is 173 Å². The van der Waals surface area contributed by atoms with Crippen molar-refractivity contribution in [3.8, 4) is 11.1 Å². The smallest absolute Gasteiger partial charge is 0.410 e. The third kappa shape index (κ3) is 2.77. The lowest BCUT2D eigenvalue weighted by atomic mass is 9.98. The molecule has 1 atom stereocenters. The number of carboxylic acids is 1. The molecule has 5 rings (SSSR count). The van der Waals surface area contributed by atoms with Crippen molar-refractivity contribution < 1.29 is 19.4 Å². The Morgan fingerprint density at radius 1 is 1.07 bits per heavy atom. The molecule has 0 radical (unpaired) electrons. The second-order valence-electron chi connectivity index (χ2n) is 7.66. The third-order valence-corrected chi connectivity index (χ3v) is 6.09. The van der Waals surface area contributed by atoms with Crippen LogP contribution >= 0.6 is 0 Å². The summed E-state index contributed by atoms with van der Waals surface area (Å²) < 4.78 is 7.34. The topological polar surface area (TPSA) is 84.7 Å². The molecule has 1 aliphatic carbocycles. The van der Waals surface area contributed by atoms with E-state index in [0.29, 0.717) is 12.0 Å². The van der Waals surface area contributed by atoms with Crippen molar-refractivity contribution in [3.05, 3.63) is 77.1 Å². The summed E-state index contributed by atoms with van der Waals surface area (Å²) in [6, 6.07) is 15.1. The molecule has 7 heteroatoms. The van der Waals surface area contributed by atoms with E-state index in [1.807, 2.05) is 24.3 Å². The highest BCUT2D eigenvalue weighted by molar-refractivity contribution is 5.83. The van der Waals surface area contributed by atoms with Crippen molar-refractivity contribution in [2.24, 2.45) is 7.05 Å². The predicted octanol–water partition coefficient (Wildman–Crippen LogP) is 3.35. The fourth-order valence-corrected chi connectivity index (χ4v) is 4.68. The van der Waals surface area contributed by atoms with Gasteiger partial charge in [0.15, 0.2) is 6.04 Å². The maximum Gasteiger partial charge on any atom is 0.410 e. The zero-order valence-corrected chi connectivity index (χ0v) is 16.5. The number of aromatic nitrogens is 2. The van der Waals surface area contributed by atoms with Crippen LogP contribution in [0, 0.1) is 0 Å². The summed E-state index contributed by atoms with van der Waals surface area (Å²) in [5, 5.41) is 13.9. The van der Waals surface area contributed by atoms with E-state index < -0.39 is 18.1 Å². The van der Waals surface area contributed by atoms with E-state index in [1.54, 1.807) is 11.7 Å². The van der Waals surface area contributed by atoms with Crippen LogP contribution in [0.2, 0.25) is 0 Å². The van der Waals surface area contributed by atoms with Crippen LogP contribution in [0.15, 0.2) is 54.7 Å². The number of fused-ring (bicyclic) bond motifs is 4. The highest BCUT2D eigenvalue weighted by atomic mass is 16.6. The molecule has 1 unspecified atom stereocenters. The first kappa shape index (κ1) is 18.4. The Morgan fingerprint density at radius 3 is 2.33 bits per heavy atom. The number of carbonyl (C=O) groups is 2. The number of carboxylic acid groups (broad SMARTS) is 1. The van der Waals surface area contributed by atoms with Crippen LogP contribution in [0.3, 0.4) is 0 Å². The Morgan fingerprint density at radius 2 is 1.70 bits per heavy atom. The minimum Gasteiger partial charge on any atom is -0.479 e. The molecule has 0 saturated carbocycles. The van der Waals surface area contributed by atoms with E-state index >= 15 is 0 Å². The molecule has 2 aliphatic rings. The summed E-state index contributed by atoms with van der Waals surface area (Å²) in [6.07, 6.45) is 1.45. The number of hydrogen-bond donors (Lipinski definition) is 1. The predicted molar refractivity (Wildman–Crippen MR) is 109 cm³/mol. The fourth-order valence-electron chi connectivity index (χ4n) is 4.68. The van der Waals surface area contributed by atoms with Gasteiger partial charge in [0, 0.05) is 37.2 Å². The molecule has 3 aromatic rings. The van der Waals surface area contributed by atoms with E-state index in [0.717, 1.165) is 27.9 Å². The first-order valence-electron chi connectivity index (χ1n) is 9.91. The molecule has 1 N–H and O–H groups in total. The minimum absolute atomic E-state index is 0.0663. The number of hydrogen-bond acceptors (Lipinski definition) is 4. The number of aliphatic carboxylic acids is 1. The summed E-state index contributed by atoms with van der Waals surface area (Å²) in [6.45, 7) is 0.440. The second-order valence-corrected chi connectivity index (χ2v) is 7.66. The number of benzene rings is 2. The van der Waals surface area contributed by atoms with Gasteiger partial charge >= 0.3 is 12.1 Å². The largest absolute Gasteiger partial charge is 0.479 e. The molecule has 7 nitrogen and oxygen atoms in total. The zero-order valence-electron chi connectivity index (χ0n) is 16.5. The van der Waals surface area contributed by atoms with Crippen LogP contribution in [0.1, 0.15) is 34.3 Å². The molecule has 0 bridgehead atoms. The van der Waals surface area contributed by atoms with E-state index in [4.69, 9.17) is 4.74 Å². The third-order valence-electron chi connectivity index (χ3n) is 6.09. The molecule has 1 aliphatic heterocycles. The van der Waals surface area contributed by atoms with Crippen molar-refractivity contribution in [2.45, 2.75) is 18.4 Å². The number of nitrogens with zero attached hydrogens (tertiary/aromatic N) is 3. The van der Waals surface area contributed by atoms with Crippen molar-refractivity contribution in [1.82, 2.24) is 14.7 Å². The number of rotatable bonds is 3. The van der Waals surface area contributed by atoms with Gasteiger partial charge in [-0.1, -0.05) is 48.5 Å². The molecular weight excluding hydrogens is 382 g/mol. The molecule has 30 heavy (non-hydrogen) atoms. The Balaban J connectivity index is 1.38. The van der Waals surface area contributed by atoms with Crippen molar-refractivity contribution >= 4 is 12.1 Å². The van der Waals surface area contributed by atoms with Crippen LogP contribution in [0.4, 0.5) is 4.79 Å². The minimum atomic E-state index is -1.09. The Kier molecular flexibility index (Phi) is 4.31. The standard InChI is InChI=1S/C23H21N3O4/c1-25-20-10-11-26(21(22(27)28)18(20)12-24-25)23(29)30-13-19-16-8-4-2-6-14(16)15-7-3-5-9-17(15)19/h2-9,12,19,21H,10-11,13H2,1H3,(H,27,28). The zero-order chi connectivity index (χ0) is 20.8. The van der Waals surface area contributed by atoms with Gasteiger partial charge in [0.25, 0.3) is 0 Å². The van der Waals surface area contributed by atoms with Crippen LogP contribution in [0.5, 0.6) is 0 Å². The van der Waals surface area contributed by atoms with Crippen LogP contribution in [-0.2, 0) is 23.0 Å². The number of amides is 1. The lowest BCUT2D eigenvalue weighted by Crippen LogP contribution is -2.44.